The molecule has 0 fully saturated rings. The van der Waals surface area contributed by atoms with Crippen molar-refractivity contribution in [1.29, 1.82) is 0 Å². The van der Waals surface area contributed by atoms with Gasteiger partial charge in [0.25, 0.3) is 0 Å². The van der Waals surface area contributed by atoms with Gasteiger partial charge in [0.2, 0.25) is 22.5 Å². The molecule has 18 heteroatoms. The highest BCUT2D eigenvalue weighted by atomic mass is 31.3. The molecule has 0 aromatic rings. The third-order valence-electron chi connectivity index (χ3n) is 5.92. The molecule has 0 aromatic carbocycles. The van der Waals surface area contributed by atoms with Crippen molar-refractivity contribution in [3.8, 4) is 0 Å². The van der Waals surface area contributed by atoms with E-state index in [0.29, 0.717) is 78.9 Å². The summed E-state index contributed by atoms with van der Waals surface area (Å²) in [6.07, 6.45) is 5.01. The number of rotatable bonds is 30. The molecule has 0 spiro atoms. The summed E-state index contributed by atoms with van der Waals surface area (Å²) in [6.45, 7) is 8.10. The van der Waals surface area contributed by atoms with Gasteiger partial charge in [0.15, 0.2) is 0 Å². The van der Waals surface area contributed by atoms with Crippen LogP contribution in [0.2, 0.25) is 0 Å². The zero-order valence-corrected chi connectivity index (χ0v) is 29.5. The number of hydrogen-bond acceptors (Lipinski definition) is 15. The first-order chi connectivity index (χ1) is 20.5. The third-order valence-corrected chi connectivity index (χ3v) is 16.1. The van der Waals surface area contributed by atoms with Crippen molar-refractivity contribution in [2.24, 2.45) is 13.5 Å². The average Bonchev–Trinajstić information content (AvgIpc) is 2.99. The van der Waals surface area contributed by atoms with E-state index >= 15 is 0 Å². The van der Waals surface area contributed by atoms with Crippen LogP contribution in [-0.2, 0) is 28.4 Å². The second-order valence-electron chi connectivity index (χ2n) is 9.60. The predicted octanol–water partition coefficient (Wildman–Crippen LogP) is 3.60. The summed E-state index contributed by atoms with van der Waals surface area (Å²) in [6, 6.07) is 0. The molecule has 0 saturated heterocycles. The fourth-order valence-corrected chi connectivity index (χ4v) is 16.0. The molecular formula is C24H60N9O6P3. The molecule has 42 heavy (non-hydrogen) atoms. The smallest absolute Gasteiger partial charge is 0.215 e. The van der Waals surface area contributed by atoms with Crippen molar-refractivity contribution >= 4 is 22.5 Å². The van der Waals surface area contributed by atoms with Crippen molar-refractivity contribution in [2.75, 3.05) is 122 Å². The van der Waals surface area contributed by atoms with Gasteiger partial charge in [-0.3, -0.25) is 30.5 Å². The Balaban J connectivity index is 3.72. The Hall–Kier alpha value is 0.210. The van der Waals surface area contributed by atoms with Gasteiger partial charge in [-0.05, 0) is 38.5 Å². The van der Waals surface area contributed by atoms with Crippen LogP contribution in [0.25, 0.3) is 0 Å². The van der Waals surface area contributed by atoms with Gasteiger partial charge in [-0.25, -0.2) is 0 Å². The van der Waals surface area contributed by atoms with Crippen LogP contribution in [0, 0.1) is 0 Å². The summed E-state index contributed by atoms with van der Waals surface area (Å²) < 4.78 is 48.5. The van der Waals surface area contributed by atoms with Crippen LogP contribution >= 0.6 is 22.5 Å². The van der Waals surface area contributed by atoms with Gasteiger partial charge >= 0.3 is 0 Å². The van der Waals surface area contributed by atoms with Gasteiger partial charge in [0.05, 0.1) is 0 Å². The Morgan fingerprint density at radius 2 is 0.500 bits per heavy atom. The standard InChI is InChI=1S/C24H60N9O6P3/c1-34-19-7-13-25-40(26-14-8-20-35-2)31-41(27-15-9-21-36-3,28-16-10-22-37-4)33-42(32-40,29-17-11-23-38-5)30-18-12-24-39-6/h25-30H,7-24H2,1-6H3. The Labute approximate surface area is 255 Å². The van der Waals surface area contributed by atoms with E-state index in [1.165, 1.54) is 0 Å². The Morgan fingerprint density at radius 3 is 0.643 bits per heavy atom. The van der Waals surface area contributed by atoms with Crippen LogP contribution in [0.4, 0.5) is 0 Å². The minimum Gasteiger partial charge on any atom is -0.385 e. The molecule has 252 valence electrons. The highest BCUT2D eigenvalue weighted by Crippen LogP contribution is 2.70. The zero-order chi connectivity index (χ0) is 30.8. The first-order valence-corrected chi connectivity index (χ1v) is 19.9. The summed E-state index contributed by atoms with van der Waals surface area (Å²) in [4.78, 5) is 0. The highest BCUT2D eigenvalue weighted by Gasteiger charge is 2.36. The van der Waals surface area contributed by atoms with E-state index in [9.17, 15) is 0 Å². The molecule has 6 N–H and O–H groups in total. The fraction of sp³-hybridized carbons (Fsp3) is 1.00. The quantitative estimate of drug-likeness (QED) is 0.0490. The van der Waals surface area contributed by atoms with Gasteiger partial charge in [-0.1, -0.05) is 0 Å². The summed E-state index contributed by atoms with van der Waals surface area (Å²) in [7, 11) is 2.31. The van der Waals surface area contributed by atoms with Crippen molar-refractivity contribution in [3.05, 3.63) is 0 Å². The summed E-state index contributed by atoms with van der Waals surface area (Å²) in [5.41, 5.74) is 0. The SMILES string of the molecule is COCCCNP1(NCCCOC)=NP(NCCCOC)(NCCCOC)=NP(NCCCOC)(NCCCOC)=N1. The maximum absolute atomic E-state index is 5.50. The molecule has 1 aliphatic rings. The molecule has 0 amide bonds. The maximum Gasteiger partial charge on any atom is 0.215 e. The van der Waals surface area contributed by atoms with E-state index < -0.39 is 22.5 Å². The van der Waals surface area contributed by atoms with Crippen molar-refractivity contribution in [2.45, 2.75) is 38.5 Å². The summed E-state index contributed by atoms with van der Waals surface area (Å²) in [5, 5.41) is 22.5. The maximum atomic E-state index is 5.50. The molecule has 0 radical (unpaired) electrons. The number of nitrogens with one attached hydrogen (secondary N) is 6. The zero-order valence-electron chi connectivity index (χ0n) is 26.9. The Kier molecular flexibility index (Phi) is 24.3. The number of nitrogens with zero attached hydrogens (tertiary/aromatic N) is 3. The lowest BCUT2D eigenvalue weighted by Crippen LogP contribution is -2.33. The molecule has 1 heterocycles. The van der Waals surface area contributed by atoms with E-state index in [1.807, 2.05) is 0 Å². The van der Waals surface area contributed by atoms with Crippen molar-refractivity contribution in [3.63, 3.8) is 0 Å². The lowest BCUT2D eigenvalue weighted by Gasteiger charge is -2.38. The molecule has 0 atom stereocenters. The van der Waals surface area contributed by atoms with Crippen LogP contribution in [-0.4, -0.2) is 122 Å². The van der Waals surface area contributed by atoms with E-state index in [-0.39, 0.29) is 0 Å². The summed E-state index contributed by atoms with van der Waals surface area (Å²) in [5.74, 6) is 0. The molecule has 0 unspecified atom stereocenters. The molecule has 15 nitrogen and oxygen atoms in total. The van der Waals surface area contributed by atoms with Crippen LogP contribution < -0.4 is 30.5 Å². The topological polar surface area (TPSA) is 165 Å². The number of methoxy groups -OCH3 is 6. The summed E-state index contributed by atoms with van der Waals surface area (Å²) >= 11 is 0. The molecule has 0 aliphatic carbocycles. The lowest BCUT2D eigenvalue weighted by molar-refractivity contribution is 0.195. The minimum absolute atomic E-state index is 0.649. The van der Waals surface area contributed by atoms with E-state index in [4.69, 9.17) is 42.0 Å². The third kappa shape index (κ3) is 17.1. The molecular weight excluding hydrogens is 603 g/mol. The van der Waals surface area contributed by atoms with E-state index in [1.54, 1.807) is 42.7 Å². The van der Waals surface area contributed by atoms with Crippen LogP contribution in [0.15, 0.2) is 13.5 Å². The second kappa shape index (κ2) is 25.4. The highest BCUT2D eigenvalue weighted by molar-refractivity contribution is 7.83. The van der Waals surface area contributed by atoms with Crippen LogP contribution in [0.1, 0.15) is 38.5 Å². The van der Waals surface area contributed by atoms with Gasteiger partial charge in [0, 0.05) is 122 Å². The first-order valence-electron chi connectivity index (χ1n) is 14.8. The normalized spacial score (nSPS) is 17.0. The molecule has 0 bridgehead atoms. The number of hydrogen-bond donors (Lipinski definition) is 6. The average molecular weight is 664 g/mol. The van der Waals surface area contributed by atoms with Gasteiger partial charge in [-0.2, -0.15) is 13.5 Å². The largest absolute Gasteiger partial charge is 0.385 e. The predicted molar refractivity (Wildman–Crippen MR) is 175 cm³/mol. The Morgan fingerprint density at radius 1 is 0.333 bits per heavy atom. The lowest BCUT2D eigenvalue weighted by atomic mass is 10.5. The van der Waals surface area contributed by atoms with Crippen molar-refractivity contribution in [1.82, 2.24) is 30.5 Å². The molecule has 0 aromatic heterocycles. The minimum atomic E-state index is -2.67. The second-order valence-corrected chi connectivity index (χ2v) is 17.3. The van der Waals surface area contributed by atoms with Crippen LogP contribution in [0.3, 0.4) is 0 Å². The van der Waals surface area contributed by atoms with Gasteiger partial charge in [0.1, 0.15) is 0 Å². The van der Waals surface area contributed by atoms with E-state index in [0.717, 1.165) is 38.5 Å². The van der Waals surface area contributed by atoms with Gasteiger partial charge < -0.3 is 28.4 Å². The number of ether oxygens (including phenoxy) is 6. The molecule has 0 saturated carbocycles. The van der Waals surface area contributed by atoms with E-state index in [2.05, 4.69) is 30.5 Å². The van der Waals surface area contributed by atoms with Crippen molar-refractivity contribution < 1.29 is 28.4 Å². The fourth-order valence-electron chi connectivity index (χ4n) is 3.87. The van der Waals surface area contributed by atoms with Crippen LogP contribution in [0.5, 0.6) is 0 Å². The molecule has 1 rings (SSSR count). The molecule has 1 aliphatic heterocycles. The van der Waals surface area contributed by atoms with Gasteiger partial charge in [-0.15, -0.1) is 0 Å². The first kappa shape index (κ1) is 40.2. The Bertz CT molecular complexity index is 672. The monoisotopic (exact) mass is 663 g/mol.